The summed E-state index contributed by atoms with van der Waals surface area (Å²) in [7, 11) is 3.33. The number of hydrogen-bond donors (Lipinski definition) is 3. The Balaban J connectivity index is 1.17. The molecule has 9 nitrogen and oxygen atoms in total. The molecule has 0 spiro atoms. The number of carbonyl (C=O) groups excluding carboxylic acids is 1. The highest BCUT2D eigenvalue weighted by Crippen LogP contribution is 2.26. The average Bonchev–Trinajstić information content (AvgIpc) is 3.24. The van der Waals surface area contributed by atoms with E-state index in [9.17, 15) is 15.0 Å². The normalized spacial score (nSPS) is 23.2. The fourth-order valence-corrected chi connectivity index (χ4v) is 5.47. The largest absolute Gasteiger partial charge is 0.390 e. The first-order chi connectivity index (χ1) is 15.9. The van der Waals surface area contributed by atoms with Gasteiger partial charge in [0.05, 0.1) is 12.8 Å². The summed E-state index contributed by atoms with van der Waals surface area (Å²) < 4.78 is 0. The van der Waals surface area contributed by atoms with Crippen LogP contribution >= 0.6 is 11.8 Å². The number of likely N-dealkylation sites (N-methyl/N-ethyl adjacent to an activating group) is 1. The minimum atomic E-state index is -0.984. The van der Waals surface area contributed by atoms with Crippen molar-refractivity contribution in [3.8, 4) is 0 Å². The highest BCUT2D eigenvalue weighted by Gasteiger charge is 2.41. The number of β-amino-alcohol motifs (C(OH)–C–C–N with tert-alkyl or cyclic N) is 1. The molecule has 10 heteroatoms. The molecule has 33 heavy (non-hydrogen) atoms. The van der Waals surface area contributed by atoms with E-state index in [-0.39, 0.29) is 5.91 Å². The second-order valence-corrected chi connectivity index (χ2v) is 10.1. The van der Waals surface area contributed by atoms with Crippen LogP contribution < -0.4 is 5.32 Å². The highest BCUT2D eigenvalue weighted by molar-refractivity contribution is 7.99. The van der Waals surface area contributed by atoms with Gasteiger partial charge in [0.1, 0.15) is 11.5 Å². The second-order valence-electron chi connectivity index (χ2n) is 8.94. The number of piperazine rings is 1. The molecule has 3 aliphatic rings. The van der Waals surface area contributed by atoms with Crippen molar-refractivity contribution in [2.45, 2.75) is 23.8 Å². The first-order valence-electron chi connectivity index (χ1n) is 11.7. The maximum atomic E-state index is 12.7. The van der Waals surface area contributed by atoms with E-state index in [2.05, 4.69) is 45.4 Å². The lowest BCUT2D eigenvalue weighted by molar-refractivity contribution is -0.151. The van der Waals surface area contributed by atoms with Crippen molar-refractivity contribution >= 4 is 17.7 Å². The Bertz CT molecular complexity index is 833. The molecule has 1 amide bonds. The number of rotatable bonds is 9. The molecule has 2 atom stereocenters. The summed E-state index contributed by atoms with van der Waals surface area (Å²) >= 11 is 1.91. The van der Waals surface area contributed by atoms with Gasteiger partial charge in [-0.25, -0.2) is 0 Å². The summed E-state index contributed by atoms with van der Waals surface area (Å²) in [6.45, 7) is 6.49. The summed E-state index contributed by atoms with van der Waals surface area (Å²) in [6, 6.07) is 10.5. The summed E-state index contributed by atoms with van der Waals surface area (Å²) in [6.07, 6.45) is -0.364. The van der Waals surface area contributed by atoms with Gasteiger partial charge in [0, 0.05) is 58.3 Å². The zero-order chi connectivity index (χ0) is 23.4. The standard InChI is InChI=1S/C23H36N6O3S/c1-25-21-20(22(31)26(2)23(25)32)29(17-24-21)16-18(30)15-28-12-10-27(11-13-28)9-6-14-33-19-7-4-3-5-8-19/h3-5,7-8,18,23-24,30,32H,6,9-17H2,1-2H3. The Morgan fingerprint density at radius 1 is 1.06 bits per heavy atom. The van der Waals surface area contributed by atoms with Crippen LogP contribution in [0.5, 0.6) is 0 Å². The summed E-state index contributed by atoms with van der Waals surface area (Å²) in [5.74, 6) is 1.52. The van der Waals surface area contributed by atoms with Gasteiger partial charge >= 0.3 is 0 Å². The van der Waals surface area contributed by atoms with Gasteiger partial charge in [-0.15, -0.1) is 11.8 Å². The lowest BCUT2D eigenvalue weighted by Gasteiger charge is -2.39. The van der Waals surface area contributed by atoms with Crippen molar-refractivity contribution in [3.05, 3.63) is 41.8 Å². The molecule has 0 saturated carbocycles. The van der Waals surface area contributed by atoms with Gasteiger partial charge in [0.25, 0.3) is 5.91 Å². The zero-order valence-corrected chi connectivity index (χ0v) is 20.4. The SMILES string of the molecule is CN1C(=O)C2=C(NCN2CC(O)CN2CCN(CCCSc3ccccc3)CC2)N(C)C1O. The van der Waals surface area contributed by atoms with Crippen molar-refractivity contribution in [2.24, 2.45) is 0 Å². The number of nitrogens with one attached hydrogen (secondary N) is 1. The van der Waals surface area contributed by atoms with Crippen LogP contribution in [-0.2, 0) is 4.79 Å². The Hall–Kier alpha value is -1.98. The van der Waals surface area contributed by atoms with Crippen LogP contribution in [0.4, 0.5) is 0 Å². The number of benzene rings is 1. The van der Waals surface area contributed by atoms with E-state index in [0.717, 1.165) is 38.5 Å². The number of aliphatic hydroxyl groups is 2. The minimum absolute atomic E-state index is 0.230. The van der Waals surface area contributed by atoms with Crippen LogP contribution in [0.2, 0.25) is 0 Å². The van der Waals surface area contributed by atoms with E-state index in [1.54, 1.807) is 19.0 Å². The molecule has 0 aromatic heterocycles. The maximum Gasteiger partial charge on any atom is 0.277 e. The van der Waals surface area contributed by atoms with Crippen LogP contribution in [0.1, 0.15) is 6.42 Å². The average molecular weight is 477 g/mol. The summed E-state index contributed by atoms with van der Waals surface area (Å²) in [5.41, 5.74) is 0.516. The number of thioether (sulfide) groups is 1. The van der Waals surface area contributed by atoms with Gasteiger partial charge in [0.2, 0.25) is 6.35 Å². The van der Waals surface area contributed by atoms with Crippen LogP contribution in [0.3, 0.4) is 0 Å². The number of aliphatic hydroxyl groups excluding tert-OH is 2. The second kappa shape index (κ2) is 11.0. The molecule has 2 unspecified atom stereocenters. The van der Waals surface area contributed by atoms with Gasteiger partial charge < -0.3 is 30.2 Å². The van der Waals surface area contributed by atoms with E-state index in [0.29, 0.717) is 31.3 Å². The predicted molar refractivity (Wildman–Crippen MR) is 129 cm³/mol. The van der Waals surface area contributed by atoms with Crippen molar-refractivity contribution in [1.82, 2.24) is 29.8 Å². The monoisotopic (exact) mass is 476 g/mol. The first kappa shape index (κ1) is 24.2. The topological polar surface area (TPSA) is 85.8 Å². The lowest BCUT2D eigenvalue weighted by atomic mass is 10.2. The fraction of sp³-hybridized carbons (Fsp3) is 0.609. The molecule has 0 radical (unpaired) electrons. The van der Waals surface area contributed by atoms with Gasteiger partial charge in [-0.2, -0.15) is 0 Å². The third kappa shape index (κ3) is 5.75. The Morgan fingerprint density at radius 3 is 2.48 bits per heavy atom. The van der Waals surface area contributed by atoms with Crippen LogP contribution in [-0.4, -0.2) is 125 Å². The lowest BCUT2D eigenvalue weighted by Crippen LogP contribution is -2.54. The molecular weight excluding hydrogens is 440 g/mol. The molecule has 3 N–H and O–H groups in total. The quantitative estimate of drug-likeness (QED) is 0.333. The number of carbonyl (C=O) groups is 1. The number of nitrogens with zero attached hydrogens (tertiary/aromatic N) is 5. The molecule has 4 rings (SSSR count). The van der Waals surface area contributed by atoms with Crippen molar-refractivity contribution < 1.29 is 15.0 Å². The van der Waals surface area contributed by atoms with E-state index in [1.807, 2.05) is 16.7 Å². The minimum Gasteiger partial charge on any atom is -0.390 e. The van der Waals surface area contributed by atoms with E-state index < -0.39 is 12.5 Å². The molecule has 1 fully saturated rings. The smallest absolute Gasteiger partial charge is 0.277 e. The highest BCUT2D eigenvalue weighted by atomic mass is 32.2. The van der Waals surface area contributed by atoms with Crippen molar-refractivity contribution in [1.29, 1.82) is 0 Å². The van der Waals surface area contributed by atoms with Gasteiger partial charge in [-0.1, -0.05) is 18.2 Å². The van der Waals surface area contributed by atoms with E-state index in [1.165, 1.54) is 16.2 Å². The molecule has 3 heterocycles. The van der Waals surface area contributed by atoms with Gasteiger partial charge in [-0.05, 0) is 30.9 Å². The van der Waals surface area contributed by atoms with E-state index >= 15 is 0 Å². The molecule has 0 aliphatic carbocycles. The van der Waals surface area contributed by atoms with Crippen molar-refractivity contribution in [3.63, 3.8) is 0 Å². The zero-order valence-electron chi connectivity index (χ0n) is 19.6. The summed E-state index contributed by atoms with van der Waals surface area (Å²) in [5, 5.41) is 24.1. The Morgan fingerprint density at radius 2 is 1.76 bits per heavy atom. The van der Waals surface area contributed by atoms with Crippen molar-refractivity contribution in [2.75, 3.05) is 72.3 Å². The molecule has 182 valence electrons. The van der Waals surface area contributed by atoms with Gasteiger partial charge in [-0.3, -0.25) is 14.6 Å². The fourth-order valence-electron chi connectivity index (χ4n) is 4.61. The molecule has 1 aromatic carbocycles. The molecule has 3 aliphatic heterocycles. The third-order valence-corrected chi connectivity index (χ3v) is 7.64. The molecule has 1 saturated heterocycles. The van der Waals surface area contributed by atoms with Gasteiger partial charge in [0.15, 0.2) is 0 Å². The molecule has 0 bridgehead atoms. The van der Waals surface area contributed by atoms with Crippen LogP contribution in [0, 0.1) is 0 Å². The van der Waals surface area contributed by atoms with E-state index in [4.69, 9.17) is 0 Å². The maximum absolute atomic E-state index is 12.7. The van der Waals surface area contributed by atoms with Crippen LogP contribution in [0.15, 0.2) is 46.7 Å². The Labute approximate surface area is 200 Å². The summed E-state index contributed by atoms with van der Waals surface area (Å²) in [4.78, 5) is 23.6. The molecule has 1 aromatic rings. The Kier molecular flexibility index (Phi) is 8.02. The number of amides is 1. The first-order valence-corrected chi connectivity index (χ1v) is 12.6. The number of hydrogen-bond acceptors (Lipinski definition) is 9. The molecular formula is C23H36N6O3S. The third-order valence-electron chi connectivity index (χ3n) is 6.54. The van der Waals surface area contributed by atoms with Crippen LogP contribution in [0.25, 0.3) is 0 Å². The predicted octanol–water partition coefficient (Wildman–Crippen LogP) is -0.141.